The van der Waals surface area contributed by atoms with Gasteiger partial charge in [-0.2, -0.15) is 0 Å². The van der Waals surface area contributed by atoms with Gasteiger partial charge in [0.05, 0.1) is 0 Å². The molecule has 0 heterocycles. The molecule has 0 atom stereocenters. The maximum absolute atomic E-state index is 9.05. The summed E-state index contributed by atoms with van der Waals surface area (Å²) in [5.74, 6) is 0. The van der Waals surface area contributed by atoms with E-state index in [0.717, 1.165) is 0 Å². The molecular weight excluding hydrogens is 73.8 g/mol. The predicted molar refractivity (Wildman–Crippen MR) is 17.2 cm³/mol. The Morgan fingerprint density at radius 3 is 2.25 bits per heavy atom. The Hall–Kier alpha value is 0.125. The molecule has 22 valence electrons. The van der Waals surface area contributed by atoms with Crippen molar-refractivity contribution in [2.75, 3.05) is 0 Å². The molecule has 0 saturated carbocycles. The number of rotatable bonds is 1. The molecule has 0 N–H and O–H groups in total. The van der Waals surface area contributed by atoms with Crippen molar-refractivity contribution in [3.63, 3.8) is 0 Å². The molecule has 0 fully saturated rings. The average molecular weight is 75.8 g/mol. The van der Waals surface area contributed by atoms with Gasteiger partial charge in [0.1, 0.15) is 0 Å². The molecule has 0 unspecified atom stereocenters. The van der Waals surface area contributed by atoms with Gasteiger partial charge in [0.15, 0.2) is 0 Å². The average Bonchev–Trinajstić information content (AvgIpc) is 1.37. The Balaban J connectivity index is 2.30. The smallest absolute Gasteiger partial charge is 0.310 e. The number of hydrogen-bond donors (Lipinski definition) is 0. The van der Waals surface area contributed by atoms with Crippen molar-refractivity contribution in [2.24, 2.45) is 0 Å². The van der Waals surface area contributed by atoms with Crippen molar-refractivity contribution >= 4 is 16.7 Å². The maximum Gasteiger partial charge on any atom is 0.310 e. The Kier molecular flexibility index (Phi) is 3.22. The summed E-state index contributed by atoms with van der Waals surface area (Å²) in [7, 11) is 1.10. The van der Waals surface area contributed by atoms with Crippen LogP contribution in [0.3, 0.4) is 0 Å². The standard InChI is InChI=1S/BH2O2P/c1-3-4-2/h1H2. The molecule has 0 aliphatic carbocycles. The van der Waals surface area contributed by atoms with Crippen LogP contribution in [0.5, 0.6) is 0 Å². The Morgan fingerprint density at radius 1 is 2.00 bits per heavy atom. The van der Waals surface area contributed by atoms with Crippen LogP contribution in [0, 0.1) is 0 Å². The van der Waals surface area contributed by atoms with Crippen LogP contribution in [0.4, 0.5) is 0 Å². The van der Waals surface area contributed by atoms with Crippen molar-refractivity contribution in [3.8, 4) is 0 Å². The third-order valence-corrected chi connectivity index (χ3v) is 0.224. The topological polar surface area (TPSA) is 26.3 Å². The van der Waals surface area contributed by atoms with Crippen LogP contribution in [0.2, 0.25) is 0 Å². The fourth-order valence-electron chi connectivity index (χ4n) is 0. The molecule has 0 aromatic rings. The Bertz CT molecular complexity index is 20.0. The molecule has 4 heavy (non-hydrogen) atoms. The maximum atomic E-state index is 9.05. The van der Waals surface area contributed by atoms with Crippen LogP contribution < -0.4 is 0 Å². The van der Waals surface area contributed by atoms with Gasteiger partial charge in [0.2, 0.25) is 0 Å². The molecular formula is H2BO2P. The van der Waals surface area contributed by atoms with Gasteiger partial charge in [0.25, 0.3) is 8.05 Å². The molecule has 0 spiro atoms. The second-order valence-corrected chi connectivity index (χ2v) is 0.771. The zero-order chi connectivity index (χ0) is 3.41. The second kappa shape index (κ2) is 3.12. The highest BCUT2D eigenvalue weighted by molar-refractivity contribution is 7.18. The summed E-state index contributed by atoms with van der Waals surface area (Å²) in [6, 6.07) is 0. The zero-order valence-corrected chi connectivity index (χ0v) is 3.16. The summed E-state index contributed by atoms with van der Waals surface area (Å²) in [6.07, 6.45) is 0. The van der Waals surface area contributed by atoms with E-state index < -0.39 is 0 Å². The summed E-state index contributed by atoms with van der Waals surface area (Å²) >= 11 is 0. The van der Waals surface area contributed by atoms with Gasteiger partial charge in [-0.3, -0.25) is 0 Å². The van der Waals surface area contributed by atoms with Crippen LogP contribution in [0.15, 0.2) is 0 Å². The fraction of sp³-hybridized carbons (Fsp3) is 0. The first kappa shape index (κ1) is 4.12. The van der Waals surface area contributed by atoms with Crippen molar-refractivity contribution in [3.05, 3.63) is 0 Å². The van der Waals surface area contributed by atoms with Gasteiger partial charge in [-0.1, -0.05) is 0 Å². The Labute approximate surface area is 26.9 Å². The van der Waals surface area contributed by atoms with Gasteiger partial charge in [-0.15, -0.1) is 0 Å². The van der Waals surface area contributed by atoms with Gasteiger partial charge in [0, 0.05) is 0 Å². The van der Waals surface area contributed by atoms with Crippen molar-refractivity contribution < 1.29 is 9.01 Å². The van der Waals surface area contributed by atoms with E-state index in [1.54, 1.807) is 0 Å². The molecule has 0 saturated heterocycles. The molecule has 0 aromatic heterocycles. The van der Waals surface area contributed by atoms with Gasteiger partial charge in [-0.25, -0.2) is 4.57 Å². The monoisotopic (exact) mass is 76.0 g/mol. The van der Waals surface area contributed by atoms with Gasteiger partial charge < -0.3 is 4.44 Å². The van der Waals surface area contributed by atoms with E-state index in [-0.39, 0.29) is 8.69 Å². The van der Waals surface area contributed by atoms with Crippen molar-refractivity contribution in [1.29, 1.82) is 0 Å². The lowest BCUT2D eigenvalue weighted by Crippen LogP contribution is -1.48. The summed E-state index contributed by atoms with van der Waals surface area (Å²) in [4.78, 5) is 0. The first-order valence-electron chi connectivity index (χ1n) is 0.773. The minimum absolute atomic E-state index is 0.252. The lowest BCUT2D eigenvalue weighted by atomic mass is 10.6. The lowest BCUT2D eigenvalue weighted by Gasteiger charge is -1.57. The summed E-state index contributed by atoms with van der Waals surface area (Å²) < 4.78 is 13.0. The van der Waals surface area contributed by atoms with Crippen molar-refractivity contribution in [2.45, 2.75) is 0 Å². The first-order valence-corrected chi connectivity index (χ1v) is 1.50. The second-order valence-electron chi connectivity index (χ2n) is 0.257. The van der Waals surface area contributed by atoms with Crippen molar-refractivity contribution in [1.82, 2.24) is 0 Å². The minimum atomic E-state index is -0.252. The molecule has 0 amide bonds. The summed E-state index contributed by atoms with van der Waals surface area (Å²) in [5, 5.41) is 0. The van der Waals surface area contributed by atoms with Crippen LogP contribution in [-0.4, -0.2) is 8.05 Å². The first-order chi connectivity index (χ1) is 1.91. The predicted octanol–water partition coefficient (Wildman–Crippen LogP) is -0.242. The van der Waals surface area contributed by atoms with Crippen LogP contribution in [0.1, 0.15) is 0 Å². The van der Waals surface area contributed by atoms with E-state index in [9.17, 15) is 0 Å². The molecule has 0 aromatic carbocycles. The molecule has 4 heteroatoms. The molecule has 0 bridgehead atoms. The molecule has 0 rings (SSSR count). The number of hydrogen-bond acceptors (Lipinski definition) is 2. The highest BCUT2D eigenvalue weighted by Gasteiger charge is 1.52. The molecule has 2 nitrogen and oxygen atoms in total. The summed E-state index contributed by atoms with van der Waals surface area (Å²) in [6.45, 7) is 0. The quantitative estimate of drug-likeness (QED) is 0.318. The highest BCUT2D eigenvalue weighted by atomic mass is 31.1. The van der Waals surface area contributed by atoms with Crippen LogP contribution >= 0.6 is 8.69 Å². The molecule has 0 aliphatic rings. The molecule has 0 aliphatic heterocycles. The van der Waals surface area contributed by atoms with Gasteiger partial charge >= 0.3 is 8.69 Å². The third kappa shape index (κ3) is 2.12. The summed E-state index contributed by atoms with van der Waals surface area (Å²) in [5.41, 5.74) is 0. The zero-order valence-electron chi connectivity index (χ0n) is 2.26. The fourth-order valence-corrected chi connectivity index (χ4v) is 0. The Morgan fingerprint density at radius 2 is 2.25 bits per heavy atom. The van der Waals surface area contributed by atoms with E-state index >= 15 is 0 Å². The highest BCUT2D eigenvalue weighted by Crippen LogP contribution is 1.82. The van der Waals surface area contributed by atoms with E-state index in [4.69, 9.17) is 4.57 Å². The largest absolute Gasteiger partial charge is 0.366 e. The van der Waals surface area contributed by atoms with Crippen LogP contribution in [-0.2, 0) is 9.01 Å². The SMILES string of the molecule is BOP=O. The molecule has 0 radical (unpaired) electrons. The van der Waals surface area contributed by atoms with E-state index in [2.05, 4.69) is 4.44 Å². The van der Waals surface area contributed by atoms with E-state index in [1.165, 1.54) is 8.05 Å². The van der Waals surface area contributed by atoms with E-state index in [1.807, 2.05) is 0 Å². The van der Waals surface area contributed by atoms with E-state index in [0.29, 0.717) is 0 Å². The van der Waals surface area contributed by atoms with Gasteiger partial charge in [-0.05, 0) is 0 Å². The third-order valence-electron chi connectivity index (χ3n) is 0.0745. The normalized spacial score (nSPS) is 8.00. The minimum Gasteiger partial charge on any atom is -0.366 e. The van der Waals surface area contributed by atoms with Crippen LogP contribution in [0.25, 0.3) is 0 Å². The lowest BCUT2D eigenvalue weighted by molar-refractivity contribution is 0.545.